The Kier molecular flexibility index (Phi) is 5.68. The molecule has 204 valence electrons. The summed E-state index contributed by atoms with van der Waals surface area (Å²) in [6.45, 7) is 5.27. The summed E-state index contributed by atoms with van der Waals surface area (Å²) >= 11 is 0. The first kappa shape index (κ1) is 26.4. The first-order valence-corrected chi connectivity index (χ1v) is 12.4. The maximum Gasteiger partial charge on any atom is 0.255 e. The van der Waals surface area contributed by atoms with E-state index in [0.29, 0.717) is 22.0 Å². The molecule has 5 rings (SSSR count). The van der Waals surface area contributed by atoms with E-state index in [1.54, 1.807) is 45.0 Å². The fourth-order valence-corrected chi connectivity index (χ4v) is 5.88. The Labute approximate surface area is 222 Å². The standard InChI is InChI=1S/C28H29N3O8/c1-27(2,3)26(38)31-13-5-4-10-6-11-7-12-8-15-19(29)22(34)18(25(30)37)24(36)28(15,39)23(35)17(12)21(33)16(11)20(32)14(10)9-13/h4-6,9,12,15,19,32-33,36,39H,7-8,29H2,1-3H3,(H2,30,37)(H,31,38)/t12-,15-,19-,28-/m0/s1. The van der Waals surface area contributed by atoms with E-state index in [4.69, 9.17) is 11.5 Å². The highest BCUT2D eigenvalue weighted by Gasteiger charge is 2.63. The Balaban J connectivity index is 1.66. The van der Waals surface area contributed by atoms with Crippen molar-refractivity contribution < 1.29 is 39.6 Å². The van der Waals surface area contributed by atoms with Crippen LogP contribution < -0.4 is 16.8 Å². The molecular formula is C28H29N3O8. The van der Waals surface area contributed by atoms with Crippen LogP contribution in [-0.2, 0) is 25.6 Å². The van der Waals surface area contributed by atoms with E-state index in [1.807, 2.05) is 0 Å². The molecule has 0 saturated heterocycles. The third kappa shape index (κ3) is 3.64. The lowest BCUT2D eigenvalue weighted by Crippen LogP contribution is -2.65. The molecule has 0 spiro atoms. The van der Waals surface area contributed by atoms with Crippen LogP contribution in [0, 0.1) is 17.3 Å². The number of fused-ring (bicyclic) bond motifs is 4. The molecule has 9 N–H and O–H groups in total. The zero-order chi connectivity index (χ0) is 28.8. The molecule has 11 nitrogen and oxygen atoms in total. The smallest absolute Gasteiger partial charge is 0.255 e. The average Bonchev–Trinajstić information content (AvgIpc) is 2.84. The highest BCUT2D eigenvalue weighted by Crippen LogP contribution is 2.52. The molecule has 2 aromatic carbocycles. The summed E-state index contributed by atoms with van der Waals surface area (Å²) < 4.78 is 0. The van der Waals surface area contributed by atoms with Crippen LogP contribution in [0.1, 0.15) is 38.3 Å². The predicted octanol–water partition coefficient (Wildman–Crippen LogP) is 1.50. The average molecular weight is 536 g/mol. The van der Waals surface area contributed by atoms with Gasteiger partial charge in [0.25, 0.3) is 5.91 Å². The lowest BCUT2D eigenvalue weighted by atomic mass is 9.58. The molecule has 0 aromatic heterocycles. The summed E-state index contributed by atoms with van der Waals surface area (Å²) in [4.78, 5) is 50.7. The highest BCUT2D eigenvalue weighted by atomic mass is 16.3. The van der Waals surface area contributed by atoms with Gasteiger partial charge in [-0.2, -0.15) is 0 Å². The number of nitrogens with two attached hydrogens (primary N) is 2. The quantitative estimate of drug-likeness (QED) is 0.277. The minimum Gasteiger partial charge on any atom is -0.508 e. The molecule has 0 heterocycles. The number of aliphatic hydroxyl groups excluding tert-OH is 2. The van der Waals surface area contributed by atoms with Crippen molar-refractivity contribution in [3.63, 3.8) is 0 Å². The van der Waals surface area contributed by atoms with E-state index in [0.717, 1.165) is 0 Å². The van der Waals surface area contributed by atoms with Crippen molar-refractivity contribution >= 4 is 45.6 Å². The van der Waals surface area contributed by atoms with Gasteiger partial charge in [-0.25, -0.2) is 0 Å². The van der Waals surface area contributed by atoms with Crippen LogP contribution in [0.2, 0.25) is 0 Å². The van der Waals surface area contributed by atoms with Gasteiger partial charge in [-0.05, 0) is 41.8 Å². The number of ketones is 2. The third-order valence-corrected chi connectivity index (χ3v) is 7.99. The topological polar surface area (TPSA) is 213 Å². The molecule has 2 aromatic rings. The maximum absolute atomic E-state index is 13.7. The maximum atomic E-state index is 13.7. The number of primary amides is 1. The molecule has 1 fully saturated rings. The van der Waals surface area contributed by atoms with Gasteiger partial charge in [-0.3, -0.25) is 19.2 Å². The summed E-state index contributed by atoms with van der Waals surface area (Å²) in [5.41, 5.74) is 7.52. The van der Waals surface area contributed by atoms with Crippen LogP contribution in [0.3, 0.4) is 0 Å². The van der Waals surface area contributed by atoms with Gasteiger partial charge in [0.2, 0.25) is 11.7 Å². The fourth-order valence-electron chi connectivity index (χ4n) is 5.88. The van der Waals surface area contributed by atoms with Gasteiger partial charge in [0.05, 0.1) is 11.6 Å². The van der Waals surface area contributed by atoms with E-state index in [2.05, 4.69) is 5.32 Å². The van der Waals surface area contributed by atoms with Crippen molar-refractivity contribution in [3.8, 4) is 5.75 Å². The molecule has 2 amide bonds. The first-order valence-electron chi connectivity index (χ1n) is 12.4. The second-order valence-electron chi connectivity index (χ2n) is 11.5. The van der Waals surface area contributed by atoms with Crippen molar-refractivity contribution in [3.05, 3.63) is 52.3 Å². The number of carbonyl (C=O) groups excluding carboxylic acids is 4. The van der Waals surface area contributed by atoms with Crippen molar-refractivity contribution in [1.82, 2.24) is 0 Å². The normalized spacial score (nSPS) is 26.7. The lowest BCUT2D eigenvalue weighted by Gasteiger charge is -2.48. The number of nitrogens with one attached hydrogen (secondary N) is 1. The van der Waals surface area contributed by atoms with E-state index in [9.17, 15) is 39.6 Å². The zero-order valence-electron chi connectivity index (χ0n) is 21.5. The van der Waals surface area contributed by atoms with Crippen LogP contribution in [-0.4, -0.2) is 55.4 Å². The second-order valence-corrected chi connectivity index (χ2v) is 11.5. The summed E-state index contributed by atoms with van der Waals surface area (Å²) in [5, 5.41) is 48.4. The number of aromatic hydroxyl groups is 1. The molecule has 3 aliphatic rings. The molecular weight excluding hydrogens is 506 g/mol. The summed E-state index contributed by atoms with van der Waals surface area (Å²) in [7, 11) is 0. The number of aliphatic hydroxyl groups is 3. The summed E-state index contributed by atoms with van der Waals surface area (Å²) in [6.07, 6.45) is 0.0910. The largest absolute Gasteiger partial charge is 0.508 e. The Morgan fingerprint density at radius 3 is 2.38 bits per heavy atom. The second kappa shape index (κ2) is 8.39. The molecule has 4 atom stereocenters. The van der Waals surface area contributed by atoms with E-state index in [1.165, 1.54) is 0 Å². The zero-order valence-corrected chi connectivity index (χ0v) is 21.5. The number of hydrogen-bond acceptors (Lipinski definition) is 9. The van der Waals surface area contributed by atoms with Crippen LogP contribution in [0.15, 0.2) is 41.2 Å². The van der Waals surface area contributed by atoms with Gasteiger partial charge in [-0.1, -0.05) is 32.9 Å². The third-order valence-electron chi connectivity index (χ3n) is 7.99. The first-order chi connectivity index (χ1) is 18.1. The number of Topliss-reactive ketones (excluding diaryl/α,β-unsaturated/α-hetero) is 2. The van der Waals surface area contributed by atoms with E-state index < -0.39 is 63.5 Å². The number of hydrogen-bond donors (Lipinski definition) is 7. The monoisotopic (exact) mass is 535 g/mol. The minimum atomic E-state index is -2.76. The number of phenolic OH excluding ortho intramolecular Hbond substituents is 1. The van der Waals surface area contributed by atoms with Crippen LogP contribution >= 0.6 is 0 Å². The van der Waals surface area contributed by atoms with Gasteiger partial charge in [0.1, 0.15) is 22.8 Å². The minimum absolute atomic E-state index is 0.0294. The van der Waals surface area contributed by atoms with Gasteiger partial charge in [-0.15, -0.1) is 0 Å². The molecule has 0 radical (unpaired) electrons. The lowest BCUT2D eigenvalue weighted by molar-refractivity contribution is -0.149. The fraction of sp³-hybridized carbons (Fsp3) is 0.357. The summed E-state index contributed by atoms with van der Waals surface area (Å²) in [5.74, 6) is -7.79. The molecule has 0 unspecified atom stereocenters. The van der Waals surface area contributed by atoms with Gasteiger partial charge >= 0.3 is 0 Å². The SMILES string of the molecule is CC(C)(C)C(=O)Nc1ccc2cc3c(c(O)c2c1)C(O)=C1C(=O)[C@]2(O)C(O)=C(C(N)=O)C(=O)[C@@H](N)[C@@H]2C[C@@H]1C3. The summed E-state index contributed by atoms with van der Waals surface area (Å²) in [6, 6.07) is 5.19. The Hall–Kier alpha value is -4.22. The molecule has 39 heavy (non-hydrogen) atoms. The van der Waals surface area contributed by atoms with Gasteiger partial charge in [0, 0.05) is 28.0 Å². The van der Waals surface area contributed by atoms with Crippen molar-refractivity contribution in [2.24, 2.45) is 28.7 Å². The van der Waals surface area contributed by atoms with E-state index >= 15 is 0 Å². The van der Waals surface area contributed by atoms with E-state index in [-0.39, 0.29) is 35.6 Å². The van der Waals surface area contributed by atoms with Crippen LogP contribution in [0.25, 0.3) is 16.5 Å². The van der Waals surface area contributed by atoms with Crippen molar-refractivity contribution in [2.75, 3.05) is 5.32 Å². The molecule has 3 aliphatic carbocycles. The van der Waals surface area contributed by atoms with Crippen LogP contribution in [0.5, 0.6) is 5.75 Å². The van der Waals surface area contributed by atoms with Crippen LogP contribution in [0.4, 0.5) is 5.69 Å². The number of rotatable bonds is 2. The Bertz CT molecular complexity index is 1580. The number of anilines is 1. The molecule has 0 bridgehead atoms. The highest BCUT2D eigenvalue weighted by molar-refractivity contribution is 6.24. The van der Waals surface area contributed by atoms with Crippen molar-refractivity contribution in [2.45, 2.75) is 45.3 Å². The Morgan fingerprint density at radius 2 is 1.77 bits per heavy atom. The molecule has 0 aliphatic heterocycles. The van der Waals surface area contributed by atoms with Crippen molar-refractivity contribution in [1.29, 1.82) is 0 Å². The Morgan fingerprint density at radius 1 is 1.10 bits per heavy atom. The number of benzene rings is 2. The predicted molar refractivity (Wildman–Crippen MR) is 140 cm³/mol. The number of phenols is 1. The number of carbonyl (C=O) groups is 4. The molecule has 11 heteroatoms. The number of amides is 2. The molecule has 1 saturated carbocycles. The van der Waals surface area contributed by atoms with Gasteiger partial charge in [0.15, 0.2) is 11.4 Å². The van der Waals surface area contributed by atoms with Gasteiger partial charge < -0.3 is 37.2 Å².